The molecule has 1 heterocycles. The fourth-order valence-corrected chi connectivity index (χ4v) is 2.46. The molecule has 0 fully saturated rings. The van der Waals surface area contributed by atoms with Gasteiger partial charge in [-0.2, -0.15) is 5.26 Å². The number of pyridine rings is 1. The van der Waals surface area contributed by atoms with Crippen LogP contribution in [0.1, 0.15) is 42.1 Å². The van der Waals surface area contributed by atoms with E-state index in [-0.39, 0.29) is 0 Å². The average Bonchev–Trinajstić information content (AvgIpc) is 2.02. The average molecular weight is 253 g/mol. The molecule has 0 bridgehead atoms. The van der Waals surface area contributed by atoms with Gasteiger partial charge in [-0.1, -0.05) is 13.8 Å². The molecule has 1 rings (SSSR count). The fourth-order valence-electron chi connectivity index (χ4n) is 1.80. The van der Waals surface area contributed by atoms with Crippen molar-refractivity contribution in [3.8, 4) is 6.07 Å². The third-order valence-corrected chi connectivity index (χ3v) is 2.90. The molecule has 0 atom stereocenters. The molecular formula is C11H13BrN2. The summed E-state index contributed by atoms with van der Waals surface area (Å²) in [6.45, 7) is 8.19. The van der Waals surface area contributed by atoms with Crippen LogP contribution in [-0.4, -0.2) is 4.98 Å². The zero-order valence-corrected chi connectivity index (χ0v) is 10.4. The van der Waals surface area contributed by atoms with Gasteiger partial charge in [-0.15, -0.1) is 0 Å². The Morgan fingerprint density at radius 3 is 2.36 bits per heavy atom. The van der Waals surface area contributed by atoms with Gasteiger partial charge in [-0.25, -0.2) is 4.98 Å². The van der Waals surface area contributed by atoms with Crippen molar-refractivity contribution in [2.45, 2.75) is 33.6 Å². The van der Waals surface area contributed by atoms with Gasteiger partial charge in [-0.3, -0.25) is 0 Å². The van der Waals surface area contributed by atoms with E-state index in [1.807, 2.05) is 13.8 Å². The number of hydrogen-bond acceptors (Lipinski definition) is 2. The van der Waals surface area contributed by atoms with Crippen LogP contribution in [0.5, 0.6) is 0 Å². The summed E-state index contributed by atoms with van der Waals surface area (Å²) in [7, 11) is 0. The summed E-state index contributed by atoms with van der Waals surface area (Å²) in [5.41, 5.74) is 3.88. The van der Waals surface area contributed by atoms with Gasteiger partial charge in [0, 0.05) is 5.69 Å². The van der Waals surface area contributed by atoms with Crippen molar-refractivity contribution in [3.63, 3.8) is 0 Å². The van der Waals surface area contributed by atoms with Crippen molar-refractivity contribution in [1.82, 2.24) is 4.98 Å². The monoisotopic (exact) mass is 252 g/mol. The molecule has 0 aromatic carbocycles. The molecule has 0 aliphatic heterocycles. The van der Waals surface area contributed by atoms with Gasteiger partial charge in [0.05, 0.1) is 5.56 Å². The molecule has 0 aliphatic rings. The van der Waals surface area contributed by atoms with Gasteiger partial charge in [0.1, 0.15) is 10.7 Å². The highest BCUT2D eigenvalue weighted by Crippen LogP contribution is 2.28. The summed E-state index contributed by atoms with van der Waals surface area (Å²) in [6, 6.07) is 2.18. The Kier molecular flexibility index (Phi) is 3.28. The third kappa shape index (κ3) is 1.80. The first-order valence-electron chi connectivity index (χ1n) is 4.55. The maximum Gasteiger partial charge on any atom is 0.124 e. The zero-order valence-electron chi connectivity index (χ0n) is 8.85. The fraction of sp³-hybridized carbons (Fsp3) is 0.455. The molecule has 0 spiro atoms. The Morgan fingerprint density at radius 2 is 1.93 bits per heavy atom. The molecule has 2 nitrogen and oxygen atoms in total. The smallest absolute Gasteiger partial charge is 0.124 e. The molecule has 0 N–H and O–H groups in total. The van der Waals surface area contributed by atoms with Gasteiger partial charge >= 0.3 is 0 Å². The lowest BCUT2D eigenvalue weighted by Gasteiger charge is -2.14. The number of aromatic nitrogens is 1. The van der Waals surface area contributed by atoms with Crippen molar-refractivity contribution in [2.75, 3.05) is 0 Å². The Bertz CT molecular complexity index is 403. The van der Waals surface area contributed by atoms with Gasteiger partial charge in [-0.05, 0) is 46.8 Å². The SMILES string of the molecule is Cc1nc(Br)c(C#N)c(C)c1C(C)C. The second-order valence-corrected chi connectivity index (χ2v) is 4.42. The minimum atomic E-state index is 0.405. The molecular weight excluding hydrogens is 240 g/mol. The Balaban J connectivity index is 3.54. The first-order chi connectivity index (χ1) is 6.49. The van der Waals surface area contributed by atoms with Gasteiger partial charge in [0.25, 0.3) is 0 Å². The Morgan fingerprint density at radius 1 is 1.36 bits per heavy atom. The van der Waals surface area contributed by atoms with Crippen LogP contribution in [0.15, 0.2) is 4.60 Å². The van der Waals surface area contributed by atoms with Gasteiger partial charge in [0.2, 0.25) is 0 Å². The van der Waals surface area contributed by atoms with Crippen LogP contribution in [0.25, 0.3) is 0 Å². The highest BCUT2D eigenvalue weighted by molar-refractivity contribution is 9.10. The van der Waals surface area contributed by atoms with E-state index in [4.69, 9.17) is 5.26 Å². The summed E-state index contributed by atoms with van der Waals surface area (Å²) in [4.78, 5) is 4.32. The van der Waals surface area contributed by atoms with E-state index < -0.39 is 0 Å². The Labute approximate surface area is 93.1 Å². The van der Waals surface area contributed by atoms with Crippen molar-refractivity contribution in [1.29, 1.82) is 5.26 Å². The first kappa shape index (κ1) is 11.2. The molecule has 0 saturated heterocycles. The van der Waals surface area contributed by atoms with Crippen molar-refractivity contribution in [2.24, 2.45) is 0 Å². The van der Waals surface area contributed by atoms with Crippen LogP contribution in [-0.2, 0) is 0 Å². The molecule has 14 heavy (non-hydrogen) atoms. The summed E-state index contributed by atoms with van der Waals surface area (Å²) >= 11 is 3.31. The highest BCUT2D eigenvalue weighted by atomic mass is 79.9. The number of hydrogen-bond donors (Lipinski definition) is 0. The van der Waals surface area contributed by atoms with E-state index in [9.17, 15) is 0 Å². The van der Waals surface area contributed by atoms with E-state index in [1.165, 1.54) is 5.56 Å². The second-order valence-electron chi connectivity index (χ2n) is 3.67. The number of aryl methyl sites for hydroxylation is 1. The molecule has 74 valence electrons. The lowest BCUT2D eigenvalue weighted by molar-refractivity contribution is 0.827. The summed E-state index contributed by atoms with van der Waals surface area (Å²) in [6.07, 6.45) is 0. The molecule has 1 aromatic rings. The van der Waals surface area contributed by atoms with Crippen LogP contribution in [0.2, 0.25) is 0 Å². The molecule has 0 radical (unpaired) electrons. The molecule has 0 aliphatic carbocycles. The van der Waals surface area contributed by atoms with Crippen molar-refractivity contribution < 1.29 is 0 Å². The molecule has 0 unspecified atom stereocenters. The predicted octanol–water partition coefficient (Wildman–Crippen LogP) is 3.46. The molecule has 3 heteroatoms. The van der Waals surface area contributed by atoms with E-state index in [0.29, 0.717) is 16.1 Å². The summed E-state index contributed by atoms with van der Waals surface area (Å²) in [5, 5.41) is 8.98. The molecule has 1 aromatic heterocycles. The van der Waals surface area contributed by atoms with Crippen LogP contribution >= 0.6 is 15.9 Å². The number of nitrogens with zero attached hydrogens (tertiary/aromatic N) is 2. The number of halogens is 1. The second kappa shape index (κ2) is 4.10. The van der Waals surface area contributed by atoms with Crippen LogP contribution in [0.4, 0.5) is 0 Å². The van der Waals surface area contributed by atoms with Gasteiger partial charge in [0.15, 0.2) is 0 Å². The minimum Gasteiger partial charge on any atom is -0.245 e. The number of rotatable bonds is 1. The van der Waals surface area contributed by atoms with Crippen molar-refractivity contribution in [3.05, 3.63) is 27.0 Å². The van der Waals surface area contributed by atoms with Crippen LogP contribution in [0.3, 0.4) is 0 Å². The Hall–Kier alpha value is -0.880. The van der Waals surface area contributed by atoms with E-state index in [0.717, 1.165) is 11.3 Å². The lowest BCUT2D eigenvalue weighted by atomic mass is 9.94. The topological polar surface area (TPSA) is 36.7 Å². The predicted molar refractivity (Wildman–Crippen MR) is 60.2 cm³/mol. The van der Waals surface area contributed by atoms with Crippen molar-refractivity contribution >= 4 is 15.9 Å². The lowest BCUT2D eigenvalue weighted by Crippen LogP contribution is -2.03. The quantitative estimate of drug-likeness (QED) is 0.718. The van der Waals surface area contributed by atoms with E-state index in [1.54, 1.807) is 0 Å². The largest absolute Gasteiger partial charge is 0.245 e. The maximum atomic E-state index is 8.98. The van der Waals surface area contributed by atoms with Crippen LogP contribution < -0.4 is 0 Å². The van der Waals surface area contributed by atoms with E-state index >= 15 is 0 Å². The molecule has 0 amide bonds. The first-order valence-corrected chi connectivity index (χ1v) is 5.35. The molecule has 0 saturated carbocycles. The normalized spacial score (nSPS) is 10.4. The van der Waals surface area contributed by atoms with Gasteiger partial charge < -0.3 is 0 Å². The zero-order chi connectivity index (χ0) is 10.9. The maximum absolute atomic E-state index is 8.98. The summed E-state index contributed by atoms with van der Waals surface area (Å²) < 4.78 is 0.652. The van der Waals surface area contributed by atoms with Crippen LogP contribution in [0, 0.1) is 25.2 Å². The highest BCUT2D eigenvalue weighted by Gasteiger charge is 2.14. The van der Waals surface area contributed by atoms with E-state index in [2.05, 4.69) is 40.8 Å². The standard InChI is InChI=1S/C11H13BrN2/c1-6(2)10-7(3)9(5-13)11(12)14-8(10)4/h6H,1-4H3. The summed E-state index contributed by atoms with van der Waals surface area (Å²) in [5.74, 6) is 0.405. The minimum absolute atomic E-state index is 0.405. The third-order valence-electron chi connectivity index (χ3n) is 2.33. The number of nitriles is 1.